The molecule has 0 bridgehead atoms. The van der Waals surface area contributed by atoms with Gasteiger partial charge in [0.15, 0.2) is 5.96 Å². The number of alkyl halides is 3. The zero-order valence-corrected chi connectivity index (χ0v) is 18.0. The number of aryl methyl sites for hydroxylation is 1. The molecule has 2 heterocycles. The van der Waals surface area contributed by atoms with E-state index >= 15 is 0 Å². The summed E-state index contributed by atoms with van der Waals surface area (Å²) < 4.78 is 37.6. The standard InChI is InChI=1S/C20H28F3N3.HI/c21-20(22,23)11-14-25-15-12-24-19(25)26-13-5-10-18(16-26)9-4-8-17-6-2-1-3-7-17;/h1-3,6-7,18H,4-5,8-16H2;1H. The maximum atomic E-state index is 12.5. The van der Waals surface area contributed by atoms with E-state index in [1.54, 1.807) is 0 Å². The zero-order valence-electron chi connectivity index (χ0n) is 15.6. The predicted molar refractivity (Wildman–Crippen MR) is 114 cm³/mol. The third-order valence-electron chi connectivity index (χ3n) is 5.29. The van der Waals surface area contributed by atoms with Crippen molar-refractivity contribution in [3.63, 3.8) is 0 Å². The van der Waals surface area contributed by atoms with E-state index in [1.165, 1.54) is 18.4 Å². The number of rotatable bonds is 6. The third kappa shape index (κ3) is 7.16. The van der Waals surface area contributed by atoms with E-state index in [-0.39, 0.29) is 30.5 Å². The lowest BCUT2D eigenvalue weighted by Gasteiger charge is -2.37. The van der Waals surface area contributed by atoms with Gasteiger partial charge in [0.05, 0.1) is 13.0 Å². The number of hydrogen-bond donors (Lipinski definition) is 0. The summed E-state index contributed by atoms with van der Waals surface area (Å²) in [7, 11) is 0. The molecule has 152 valence electrons. The maximum absolute atomic E-state index is 12.5. The number of guanidine groups is 1. The molecule has 3 rings (SSSR count). The highest BCUT2D eigenvalue weighted by atomic mass is 127. The van der Waals surface area contributed by atoms with Gasteiger partial charge in [-0.25, -0.2) is 0 Å². The molecule has 1 fully saturated rings. The Bertz CT molecular complexity index is 592. The van der Waals surface area contributed by atoms with E-state index in [2.05, 4.69) is 34.2 Å². The van der Waals surface area contributed by atoms with Crippen molar-refractivity contribution in [2.75, 3.05) is 32.7 Å². The van der Waals surface area contributed by atoms with Gasteiger partial charge in [0.2, 0.25) is 0 Å². The summed E-state index contributed by atoms with van der Waals surface area (Å²) in [5.74, 6) is 1.40. The van der Waals surface area contributed by atoms with Gasteiger partial charge in [-0.3, -0.25) is 4.99 Å². The number of piperidine rings is 1. The second kappa shape index (κ2) is 10.5. The smallest absolute Gasteiger partial charge is 0.343 e. The molecule has 0 aromatic heterocycles. The molecule has 1 atom stereocenters. The summed E-state index contributed by atoms with van der Waals surface area (Å²) in [6.45, 7) is 3.09. The second-order valence-corrected chi connectivity index (χ2v) is 7.37. The van der Waals surface area contributed by atoms with Gasteiger partial charge in [-0.2, -0.15) is 13.2 Å². The van der Waals surface area contributed by atoms with Crippen LogP contribution in [0.5, 0.6) is 0 Å². The molecule has 0 radical (unpaired) electrons. The minimum Gasteiger partial charge on any atom is -0.343 e. The average Bonchev–Trinajstić information content (AvgIpc) is 3.09. The van der Waals surface area contributed by atoms with Crippen LogP contribution in [0.3, 0.4) is 0 Å². The van der Waals surface area contributed by atoms with Crippen molar-refractivity contribution >= 4 is 29.9 Å². The van der Waals surface area contributed by atoms with E-state index in [0.717, 1.165) is 38.3 Å². The largest absolute Gasteiger partial charge is 0.390 e. The molecule has 0 N–H and O–H groups in total. The molecule has 0 amide bonds. The number of nitrogens with zero attached hydrogens (tertiary/aromatic N) is 3. The van der Waals surface area contributed by atoms with Crippen molar-refractivity contribution in [1.82, 2.24) is 9.80 Å². The molecule has 0 aliphatic carbocycles. The fourth-order valence-corrected chi connectivity index (χ4v) is 3.97. The van der Waals surface area contributed by atoms with Crippen LogP contribution in [-0.4, -0.2) is 54.7 Å². The zero-order chi connectivity index (χ0) is 18.4. The fourth-order valence-electron chi connectivity index (χ4n) is 3.97. The van der Waals surface area contributed by atoms with Gasteiger partial charge in [-0.15, -0.1) is 24.0 Å². The molecule has 2 aliphatic heterocycles. The van der Waals surface area contributed by atoms with Crippen LogP contribution < -0.4 is 0 Å². The number of benzene rings is 1. The predicted octanol–water partition coefficient (Wildman–Crippen LogP) is 4.96. The summed E-state index contributed by atoms with van der Waals surface area (Å²) in [5, 5.41) is 0. The summed E-state index contributed by atoms with van der Waals surface area (Å²) in [4.78, 5) is 8.55. The lowest BCUT2D eigenvalue weighted by atomic mass is 9.92. The van der Waals surface area contributed by atoms with Crippen LogP contribution in [0.2, 0.25) is 0 Å². The molecule has 7 heteroatoms. The van der Waals surface area contributed by atoms with E-state index in [1.807, 2.05) is 11.0 Å². The highest BCUT2D eigenvalue weighted by Gasteiger charge is 2.32. The van der Waals surface area contributed by atoms with Crippen molar-refractivity contribution in [2.24, 2.45) is 10.9 Å². The minimum atomic E-state index is -4.10. The van der Waals surface area contributed by atoms with E-state index < -0.39 is 12.6 Å². The molecule has 0 spiro atoms. The SMILES string of the molecule is FC(F)(F)CCN1CCN=C1N1CCCC(CCCc2ccccc2)C1.I. The van der Waals surface area contributed by atoms with Crippen LogP contribution >= 0.6 is 24.0 Å². The Kier molecular flexibility index (Phi) is 8.69. The Labute approximate surface area is 177 Å². The van der Waals surface area contributed by atoms with Gasteiger partial charge >= 0.3 is 6.18 Å². The first kappa shape index (κ1) is 22.3. The maximum Gasteiger partial charge on any atom is 0.390 e. The number of hydrogen-bond acceptors (Lipinski definition) is 3. The molecule has 1 unspecified atom stereocenters. The van der Waals surface area contributed by atoms with Crippen molar-refractivity contribution in [3.8, 4) is 0 Å². The van der Waals surface area contributed by atoms with Crippen molar-refractivity contribution in [3.05, 3.63) is 35.9 Å². The minimum absolute atomic E-state index is 0. The van der Waals surface area contributed by atoms with Crippen LogP contribution in [0.1, 0.15) is 37.7 Å². The van der Waals surface area contributed by atoms with Crippen LogP contribution in [0.4, 0.5) is 13.2 Å². The van der Waals surface area contributed by atoms with Gasteiger partial charge < -0.3 is 9.80 Å². The molecule has 1 aromatic carbocycles. The topological polar surface area (TPSA) is 18.8 Å². The number of halogens is 4. The molecule has 1 aromatic rings. The quantitative estimate of drug-likeness (QED) is 0.520. The lowest BCUT2D eigenvalue weighted by molar-refractivity contribution is -0.136. The van der Waals surface area contributed by atoms with Gasteiger partial charge in [0.1, 0.15) is 0 Å². The van der Waals surface area contributed by atoms with Crippen molar-refractivity contribution < 1.29 is 13.2 Å². The summed E-state index contributed by atoms with van der Waals surface area (Å²) in [6, 6.07) is 10.5. The molecule has 0 saturated carbocycles. The Morgan fingerprint density at radius 2 is 1.89 bits per heavy atom. The lowest BCUT2D eigenvalue weighted by Crippen LogP contribution is -2.47. The molecule has 1 saturated heterocycles. The fraction of sp³-hybridized carbons (Fsp3) is 0.650. The summed E-state index contributed by atoms with van der Waals surface area (Å²) in [5.41, 5.74) is 1.37. The Morgan fingerprint density at radius 3 is 2.63 bits per heavy atom. The molecule has 2 aliphatic rings. The first-order valence-corrected chi connectivity index (χ1v) is 9.66. The monoisotopic (exact) mass is 495 g/mol. The van der Waals surface area contributed by atoms with Crippen LogP contribution in [0, 0.1) is 5.92 Å². The highest BCUT2D eigenvalue weighted by molar-refractivity contribution is 14.0. The Morgan fingerprint density at radius 1 is 1.11 bits per heavy atom. The second-order valence-electron chi connectivity index (χ2n) is 7.37. The first-order valence-electron chi connectivity index (χ1n) is 9.66. The van der Waals surface area contributed by atoms with Gasteiger partial charge in [0, 0.05) is 26.2 Å². The molecule has 3 nitrogen and oxygen atoms in total. The summed E-state index contributed by atoms with van der Waals surface area (Å²) >= 11 is 0. The Balaban J connectivity index is 0.00000261. The van der Waals surface area contributed by atoms with Gasteiger partial charge in [-0.05, 0) is 43.6 Å². The van der Waals surface area contributed by atoms with Crippen molar-refractivity contribution in [2.45, 2.75) is 44.7 Å². The normalized spacial score (nSPS) is 20.4. The molecular formula is C20H29F3IN3. The highest BCUT2D eigenvalue weighted by Crippen LogP contribution is 2.25. The number of likely N-dealkylation sites (tertiary alicyclic amines) is 1. The first-order chi connectivity index (χ1) is 12.5. The molecular weight excluding hydrogens is 466 g/mol. The van der Waals surface area contributed by atoms with Crippen LogP contribution in [0.15, 0.2) is 35.3 Å². The summed E-state index contributed by atoms with van der Waals surface area (Å²) in [6.07, 6.45) is 0.864. The van der Waals surface area contributed by atoms with E-state index in [0.29, 0.717) is 19.0 Å². The van der Waals surface area contributed by atoms with E-state index in [4.69, 9.17) is 0 Å². The van der Waals surface area contributed by atoms with Crippen LogP contribution in [-0.2, 0) is 6.42 Å². The average molecular weight is 495 g/mol. The number of aliphatic imine (C=N–C) groups is 1. The van der Waals surface area contributed by atoms with Crippen molar-refractivity contribution in [1.29, 1.82) is 0 Å². The van der Waals surface area contributed by atoms with E-state index in [9.17, 15) is 13.2 Å². The van der Waals surface area contributed by atoms with Gasteiger partial charge in [0.25, 0.3) is 0 Å². The third-order valence-corrected chi connectivity index (χ3v) is 5.29. The molecule has 27 heavy (non-hydrogen) atoms. The van der Waals surface area contributed by atoms with Gasteiger partial charge in [-0.1, -0.05) is 30.3 Å². The van der Waals surface area contributed by atoms with Crippen LogP contribution in [0.25, 0.3) is 0 Å². The Hall–Kier alpha value is -0.990.